The van der Waals surface area contributed by atoms with Crippen molar-refractivity contribution in [1.29, 1.82) is 0 Å². The van der Waals surface area contributed by atoms with Crippen LogP contribution in [0.15, 0.2) is 18.2 Å². The molecule has 1 N–H and O–H groups in total. The van der Waals surface area contributed by atoms with Crippen molar-refractivity contribution in [2.75, 3.05) is 6.61 Å². The first-order valence-corrected chi connectivity index (χ1v) is 7.55. The number of hydrogen-bond acceptors (Lipinski definition) is 3. The highest BCUT2D eigenvalue weighted by Crippen LogP contribution is 2.31. The van der Waals surface area contributed by atoms with Gasteiger partial charge in [-0.25, -0.2) is 4.79 Å². The van der Waals surface area contributed by atoms with Crippen LogP contribution in [0, 0.1) is 13.8 Å². The van der Waals surface area contributed by atoms with Gasteiger partial charge in [0.25, 0.3) is 5.91 Å². The van der Waals surface area contributed by atoms with Gasteiger partial charge in [-0.3, -0.25) is 4.79 Å². The second-order valence-corrected chi connectivity index (χ2v) is 5.78. The Morgan fingerprint density at radius 1 is 1.24 bits per heavy atom. The van der Waals surface area contributed by atoms with Gasteiger partial charge in [0.1, 0.15) is 5.54 Å². The SMILES string of the molecule is CCOC(=O)C1(NC(=O)c2cc(C)ccc2C)CCCC1. The smallest absolute Gasteiger partial charge is 0.331 e. The Morgan fingerprint density at radius 3 is 2.52 bits per heavy atom. The predicted octanol–water partition coefficient (Wildman–Crippen LogP) is 2.91. The number of amides is 1. The van der Waals surface area contributed by atoms with Gasteiger partial charge in [-0.2, -0.15) is 0 Å². The van der Waals surface area contributed by atoms with Gasteiger partial charge in [0.05, 0.1) is 6.61 Å². The normalized spacial score (nSPS) is 16.5. The largest absolute Gasteiger partial charge is 0.464 e. The van der Waals surface area contributed by atoms with Crippen molar-refractivity contribution in [2.24, 2.45) is 0 Å². The van der Waals surface area contributed by atoms with E-state index in [1.165, 1.54) is 0 Å². The minimum Gasteiger partial charge on any atom is -0.464 e. The summed E-state index contributed by atoms with van der Waals surface area (Å²) in [5, 5.41) is 2.95. The lowest BCUT2D eigenvalue weighted by molar-refractivity contribution is -0.150. The third-order valence-electron chi connectivity index (χ3n) is 4.11. The number of carbonyl (C=O) groups is 2. The summed E-state index contributed by atoms with van der Waals surface area (Å²) in [5.41, 5.74) is 1.73. The fourth-order valence-electron chi connectivity index (χ4n) is 2.89. The Balaban J connectivity index is 2.23. The lowest BCUT2D eigenvalue weighted by Gasteiger charge is -2.28. The van der Waals surface area contributed by atoms with Crippen molar-refractivity contribution < 1.29 is 14.3 Å². The molecule has 1 aromatic rings. The van der Waals surface area contributed by atoms with E-state index in [1.54, 1.807) is 6.92 Å². The molecule has 0 aromatic heterocycles. The summed E-state index contributed by atoms with van der Waals surface area (Å²) in [6.45, 7) is 5.97. The molecule has 0 atom stereocenters. The van der Waals surface area contributed by atoms with E-state index in [0.717, 1.165) is 24.0 Å². The van der Waals surface area contributed by atoms with Gasteiger partial charge in [0.2, 0.25) is 0 Å². The Bertz CT molecular complexity index is 545. The summed E-state index contributed by atoms with van der Waals surface area (Å²) in [5.74, 6) is -0.493. The maximum atomic E-state index is 12.6. The summed E-state index contributed by atoms with van der Waals surface area (Å²) in [7, 11) is 0. The van der Waals surface area contributed by atoms with Crippen LogP contribution in [-0.4, -0.2) is 24.0 Å². The number of rotatable bonds is 4. The van der Waals surface area contributed by atoms with Crippen LogP contribution in [0.3, 0.4) is 0 Å². The van der Waals surface area contributed by atoms with Crippen LogP contribution in [0.1, 0.15) is 54.1 Å². The minimum atomic E-state index is -0.844. The monoisotopic (exact) mass is 289 g/mol. The van der Waals surface area contributed by atoms with E-state index in [4.69, 9.17) is 4.74 Å². The van der Waals surface area contributed by atoms with Crippen molar-refractivity contribution in [2.45, 2.75) is 52.0 Å². The number of esters is 1. The molecule has 1 fully saturated rings. The van der Waals surface area contributed by atoms with E-state index in [0.29, 0.717) is 25.0 Å². The van der Waals surface area contributed by atoms with Crippen LogP contribution in [0.5, 0.6) is 0 Å². The van der Waals surface area contributed by atoms with Crippen LogP contribution in [0.25, 0.3) is 0 Å². The molecule has 4 nitrogen and oxygen atoms in total. The van der Waals surface area contributed by atoms with Gasteiger partial charge in [0.15, 0.2) is 0 Å². The summed E-state index contributed by atoms with van der Waals surface area (Å²) >= 11 is 0. The lowest BCUT2D eigenvalue weighted by Crippen LogP contribution is -2.53. The Morgan fingerprint density at radius 2 is 1.90 bits per heavy atom. The van der Waals surface area contributed by atoms with E-state index in [9.17, 15) is 9.59 Å². The number of benzene rings is 1. The molecule has 0 bridgehead atoms. The number of hydrogen-bond donors (Lipinski definition) is 1. The molecule has 1 aliphatic rings. The van der Waals surface area contributed by atoms with Gasteiger partial charge in [-0.1, -0.05) is 30.5 Å². The van der Waals surface area contributed by atoms with Crippen LogP contribution < -0.4 is 5.32 Å². The molecule has 1 amide bonds. The van der Waals surface area contributed by atoms with Crippen molar-refractivity contribution in [3.05, 3.63) is 34.9 Å². The molecule has 114 valence electrons. The Kier molecular flexibility index (Phi) is 4.66. The summed E-state index contributed by atoms with van der Waals surface area (Å²) < 4.78 is 5.17. The lowest BCUT2D eigenvalue weighted by atomic mass is 9.96. The number of aryl methyl sites for hydroxylation is 2. The highest BCUT2D eigenvalue weighted by atomic mass is 16.5. The van der Waals surface area contributed by atoms with Crippen molar-refractivity contribution in [3.8, 4) is 0 Å². The molecule has 0 unspecified atom stereocenters. The van der Waals surface area contributed by atoms with E-state index >= 15 is 0 Å². The molecule has 0 heterocycles. The molecule has 0 radical (unpaired) electrons. The second-order valence-electron chi connectivity index (χ2n) is 5.78. The average molecular weight is 289 g/mol. The average Bonchev–Trinajstić information content (AvgIpc) is 2.91. The van der Waals surface area contributed by atoms with Crippen LogP contribution in [0.4, 0.5) is 0 Å². The van der Waals surface area contributed by atoms with Crippen LogP contribution >= 0.6 is 0 Å². The molecule has 1 saturated carbocycles. The topological polar surface area (TPSA) is 55.4 Å². The van der Waals surface area contributed by atoms with E-state index in [2.05, 4.69) is 5.32 Å². The summed E-state index contributed by atoms with van der Waals surface area (Å²) in [6.07, 6.45) is 3.18. The zero-order valence-electron chi connectivity index (χ0n) is 13.0. The molecule has 4 heteroatoms. The molecule has 1 aromatic carbocycles. The maximum Gasteiger partial charge on any atom is 0.331 e. The number of carbonyl (C=O) groups excluding carboxylic acids is 2. The molecule has 0 spiro atoms. The van der Waals surface area contributed by atoms with Crippen LogP contribution in [0.2, 0.25) is 0 Å². The third-order valence-corrected chi connectivity index (χ3v) is 4.11. The van der Waals surface area contributed by atoms with Gasteiger partial charge < -0.3 is 10.1 Å². The van der Waals surface area contributed by atoms with E-state index in [1.807, 2.05) is 32.0 Å². The molecular weight excluding hydrogens is 266 g/mol. The molecule has 0 saturated heterocycles. The second kappa shape index (κ2) is 6.29. The highest BCUT2D eigenvalue weighted by Gasteiger charge is 2.44. The van der Waals surface area contributed by atoms with E-state index < -0.39 is 5.54 Å². The number of ether oxygens (including phenoxy) is 1. The summed E-state index contributed by atoms with van der Waals surface area (Å²) in [4.78, 5) is 24.8. The first-order valence-electron chi connectivity index (χ1n) is 7.55. The van der Waals surface area contributed by atoms with Crippen molar-refractivity contribution in [1.82, 2.24) is 5.32 Å². The van der Waals surface area contributed by atoms with Gasteiger partial charge in [-0.05, 0) is 45.2 Å². The molecule has 2 rings (SSSR count). The quantitative estimate of drug-likeness (QED) is 0.867. The number of nitrogens with one attached hydrogen (secondary N) is 1. The molecular formula is C17H23NO3. The Labute approximate surface area is 125 Å². The zero-order chi connectivity index (χ0) is 15.5. The van der Waals surface area contributed by atoms with Crippen molar-refractivity contribution >= 4 is 11.9 Å². The molecule has 0 aliphatic heterocycles. The first-order chi connectivity index (χ1) is 9.98. The molecule has 1 aliphatic carbocycles. The van der Waals surface area contributed by atoms with Crippen molar-refractivity contribution in [3.63, 3.8) is 0 Å². The van der Waals surface area contributed by atoms with Gasteiger partial charge >= 0.3 is 5.97 Å². The minimum absolute atomic E-state index is 0.189. The van der Waals surface area contributed by atoms with Gasteiger partial charge in [-0.15, -0.1) is 0 Å². The van der Waals surface area contributed by atoms with E-state index in [-0.39, 0.29) is 11.9 Å². The highest BCUT2D eigenvalue weighted by molar-refractivity contribution is 5.99. The fourth-order valence-corrected chi connectivity index (χ4v) is 2.89. The third kappa shape index (κ3) is 3.26. The van der Waals surface area contributed by atoms with Crippen LogP contribution in [-0.2, 0) is 9.53 Å². The standard InChI is InChI=1S/C17H23NO3/c1-4-21-16(20)17(9-5-6-10-17)18-15(19)14-11-12(2)7-8-13(14)3/h7-8,11H,4-6,9-10H2,1-3H3,(H,18,19). The predicted molar refractivity (Wildman–Crippen MR) is 81.2 cm³/mol. The Hall–Kier alpha value is -1.84. The maximum absolute atomic E-state index is 12.6. The first kappa shape index (κ1) is 15.5. The van der Waals surface area contributed by atoms with Gasteiger partial charge in [0, 0.05) is 5.56 Å². The zero-order valence-corrected chi connectivity index (χ0v) is 13.0. The molecule has 21 heavy (non-hydrogen) atoms. The fraction of sp³-hybridized carbons (Fsp3) is 0.529. The summed E-state index contributed by atoms with van der Waals surface area (Å²) in [6, 6.07) is 5.76.